The van der Waals surface area contributed by atoms with Crippen LogP contribution < -0.4 is 5.32 Å². The molecule has 5 nitrogen and oxygen atoms in total. The molecule has 4 aromatic rings. The summed E-state index contributed by atoms with van der Waals surface area (Å²) in [4.78, 5) is 17.5. The van der Waals surface area contributed by atoms with E-state index in [9.17, 15) is 4.79 Å². The van der Waals surface area contributed by atoms with Crippen molar-refractivity contribution < 1.29 is 4.79 Å². The molecule has 2 aromatic heterocycles. The lowest BCUT2D eigenvalue weighted by Gasteiger charge is -2.19. The lowest BCUT2D eigenvalue weighted by molar-refractivity contribution is 0.0950. The summed E-state index contributed by atoms with van der Waals surface area (Å²) in [5.74, 6) is -0.144. The smallest absolute Gasteiger partial charge is 0.251 e. The molecule has 0 radical (unpaired) electrons. The van der Waals surface area contributed by atoms with Gasteiger partial charge in [0.15, 0.2) is 5.65 Å². The van der Waals surface area contributed by atoms with E-state index in [2.05, 4.69) is 55.5 Å². The molecule has 0 saturated heterocycles. The van der Waals surface area contributed by atoms with E-state index in [1.54, 1.807) is 16.6 Å². The Bertz CT molecular complexity index is 1250. The molecule has 0 spiro atoms. The van der Waals surface area contributed by atoms with Crippen LogP contribution in [0.4, 0.5) is 0 Å². The van der Waals surface area contributed by atoms with E-state index in [-0.39, 0.29) is 17.9 Å². The average Bonchev–Trinajstić information content (AvgIpc) is 3.09. The molecule has 0 atom stereocenters. The second kappa shape index (κ2) is 8.16. The maximum atomic E-state index is 12.7. The molecule has 0 saturated carbocycles. The Morgan fingerprint density at radius 3 is 2.48 bits per heavy atom. The molecular weight excluding hydrogens is 408 g/mol. The lowest BCUT2D eigenvalue weighted by Crippen LogP contribution is -2.24. The summed E-state index contributed by atoms with van der Waals surface area (Å²) in [5, 5.41) is 7.78. The van der Waals surface area contributed by atoms with E-state index in [0.29, 0.717) is 16.4 Å². The number of carbonyl (C=O) groups excluding carboxylic acids is 1. The number of hydrogen-bond donors (Lipinski definition) is 1. The average molecular weight is 433 g/mol. The Morgan fingerprint density at radius 1 is 1.06 bits per heavy atom. The van der Waals surface area contributed by atoms with Crippen LogP contribution in [-0.4, -0.2) is 20.5 Å². The number of hydrogen-bond acceptors (Lipinski definition) is 3. The fourth-order valence-corrected chi connectivity index (χ4v) is 3.67. The molecule has 0 unspecified atom stereocenters. The van der Waals surface area contributed by atoms with Crippen LogP contribution in [0.25, 0.3) is 16.9 Å². The SMILES string of the molecule is Cc1cccc(C(=O)NCc2c(-c3ccc(C(C)(C)C)cc3)nc3ccc(Cl)nn23)c1. The number of halogens is 1. The van der Waals surface area contributed by atoms with E-state index in [1.807, 2.05) is 31.2 Å². The minimum atomic E-state index is -0.144. The molecule has 31 heavy (non-hydrogen) atoms. The van der Waals surface area contributed by atoms with Crippen molar-refractivity contribution in [3.05, 3.63) is 88.2 Å². The predicted octanol–water partition coefficient (Wildman–Crippen LogP) is 5.59. The lowest BCUT2D eigenvalue weighted by atomic mass is 9.86. The van der Waals surface area contributed by atoms with Crippen LogP contribution in [0.5, 0.6) is 0 Å². The van der Waals surface area contributed by atoms with Crippen LogP contribution in [-0.2, 0) is 12.0 Å². The zero-order valence-corrected chi connectivity index (χ0v) is 18.9. The van der Waals surface area contributed by atoms with Crippen LogP contribution in [0.15, 0.2) is 60.7 Å². The highest BCUT2D eigenvalue weighted by Gasteiger charge is 2.18. The van der Waals surface area contributed by atoms with Gasteiger partial charge in [0.25, 0.3) is 5.91 Å². The van der Waals surface area contributed by atoms with Crippen molar-refractivity contribution in [3.63, 3.8) is 0 Å². The van der Waals surface area contributed by atoms with Crippen molar-refractivity contribution >= 4 is 23.2 Å². The first-order valence-corrected chi connectivity index (χ1v) is 10.6. The van der Waals surface area contributed by atoms with Crippen molar-refractivity contribution in [2.45, 2.75) is 39.7 Å². The zero-order chi connectivity index (χ0) is 22.2. The molecule has 1 amide bonds. The molecule has 0 aliphatic heterocycles. The quantitative estimate of drug-likeness (QED) is 0.457. The Balaban J connectivity index is 1.71. The monoisotopic (exact) mass is 432 g/mol. The Labute approximate surface area is 187 Å². The third-order valence-corrected chi connectivity index (χ3v) is 5.46. The third kappa shape index (κ3) is 4.47. The van der Waals surface area contributed by atoms with Gasteiger partial charge in [0.2, 0.25) is 0 Å². The van der Waals surface area contributed by atoms with Crippen LogP contribution in [0.2, 0.25) is 5.15 Å². The van der Waals surface area contributed by atoms with Crippen molar-refractivity contribution in [3.8, 4) is 11.3 Å². The molecule has 2 aromatic carbocycles. The molecule has 158 valence electrons. The van der Waals surface area contributed by atoms with Crippen LogP contribution in [0.3, 0.4) is 0 Å². The molecule has 0 aliphatic carbocycles. The summed E-state index contributed by atoms with van der Waals surface area (Å²) in [6.07, 6.45) is 0. The van der Waals surface area contributed by atoms with Crippen molar-refractivity contribution in [2.24, 2.45) is 0 Å². The highest BCUT2D eigenvalue weighted by Crippen LogP contribution is 2.28. The van der Waals surface area contributed by atoms with Gasteiger partial charge >= 0.3 is 0 Å². The molecule has 0 fully saturated rings. The predicted molar refractivity (Wildman–Crippen MR) is 124 cm³/mol. The number of benzene rings is 2. The zero-order valence-electron chi connectivity index (χ0n) is 18.1. The normalized spacial score (nSPS) is 11.6. The van der Waals surface area contributed by atoms with Crippen LogP contribution in [0.1, 0.15) is 48.0 Å². The van der Waals surface area contributed by atoms with Crippen molar-refractivity contribution in [1.29, 1.82) is 0 Å². The van der Waals surface area contributed by atoms with Gasteiger partial charge in [-0.1, -0.05) is 74.3 Å². The topological polar surface area (TPSA) is 59.3 Å². The molecule has 0 bridgehead atoms. The van der Waals surface area contributed by atoms with Gasteiger partial charge in [-0.15, -0.1) is 0 Å². The Morgan fingerprint density at radius 2 is 1.81 bits per heavy atom. The van der Waals surface area contributed by atoms with E-state index in [4.69, 9.17) is 16.6 Å². The molecule has 6 heteroatoms. The van der Waals surface area contributed by atoms with E-state index in [0.717, 1.165) is 22.5 Å². The summed E-state index contributed by atoms with van der Waals surface area (Å²) in [6, 6.07) is 19.4. The number of amides is 1. The standard InChI is InChI=1S/C25H25ClN4O/c1-16-6-5-7-18(14-16)24(31)27-15-20-23(28-22-13-12-21(26)29-30(20)22)17-8-10-19(11-9-17)25(2,3)4/h5-14H,15H2,1-4H3,(H,27,31). The first kappa shape index (κ1) is 21.1. The number of rotatable bonds is 4. The highest BCUT2D eigenvalue weighted by molar-refractivity contribution is 6.29. The van der Waals surface area contributed by atoms with E-state index >= 15 is 0 Å². The first-order chi connectivity index (χ1) is 14.7. The van der Waals surface area contributed by atoms with Gasteiger partial charge in [0.05, 0.1) is 17.9 Å². The minimum absolute atomic E-state index is 0.0666. The Kier molecular flexibility index (Phi) is 5.54. The number of fused-ring (bicyclic) bond motifs is 1. The maximum Gasteiger partial charge on any atom is 0.251 e. The summed E-state index contributed by atoms with van der Waals surface area (Å²) in [6.45, 7) is 8.80. The maximum absolute atomic E-state index is 12.7. The van der Waals surface area contributed by atoms with Gasteiger partial charge in [0.1, 0.15) is 5.15 Å². The third-order valence-electron chi connectivity index (χ3n) is 5.26. The second-order valence-corrected chi connectivity index (χ2v) is 9.10. The molecule has 2 heterocycles. The summed E-state index contributed by atoms with van der Waals surface area (Å²) >= 11 is 6.15. The number of nitrogens with zero attached hydrogens (tertiary/aromatic N) is 3. The Hall–Kier alpha value is -3.18. The van der Waals surface area contributed by atoms with Crippen molar-refractivity contribution in [1.82, 2.24) is 19.9 Å². The molecule has 4 rings (SSSR count). The van der Waals surface area contributed by atoms with Gasteiger partial charge in [-0.25, -0.2) is 9.50 Å². The van der Waals surface area contributed by atoms with Gasteiger partial charge in [0, 0.05) is 11.1 Å². The van der Waals surface area contributed by atoms with Gasteiger partial charge < -0.3 is 5.32 Å². The number of nitrogens with one attached hydrogen (secondary N) is 1. The first-order valence-electron chi connectivity index (χ1n) is 10.2. The number of carbonyl (C=O) groups is 1. The number of imidazole rings is 1. The fraction of sp³-hybridized carbons (Fsp3) is 0.240. The summed E-state index contributed by atoms with van der Waals surface area (Å²) < 4.78 is 1.70. The molecular formula is C25H25ClN4O. The fourth-order valence-electron chi connectivity index (χ4n) is 3.53. The number of aromatic nitrogens is 3. The minimum Gasteiger partial charge on any atom is -0.346 e. The second-order valence-electron chi connectivity index (χ2n) is 8.71. The van der Waals surface area contributed by atoms with Crippen LogP contribution in [0, 0.1) is 6.92 Å². The van der Waals surface area contributed by atoms with Crippen LogP contribution >= 0.6 is 11.6 Å². The largest absolute Gasteiger partial charge is 0.346 e. The van der Waals surface area contributed by atoms with E-state index in [1.165, 1.54) is 5.56 Å². The van der Waals surface area contributed by atoms with Gasteiger partial charge in [-0.3, -0.25) is 4.79 Å². The number of aryl methyl sites for hydroxylation is 1. The van der Waals surface area contributed by atoms with E-state index < -0.39 is 0 Å². The van der Waals surface area contributed by atoms with Gasteiger partial charge in [-0.2, -0.15) is 5.10 Å². The van der Waals surface area contributed by atoms with Gasteiger partial charge in [-0.05, 0) is 42.2 Å². The molecule has 1 N–H and O–H groups in total. The summed E-state index contributed by atoms with van der Waals surface area (Å²) in [5.41, 5.74) is 6.18. The molecule has 0 aliphatic rings. The summed E-state index contributed by atoms with van der Waals surface area (Å²) in [7, 11) is 0. The van der Waals surface area contributed by atoms with Crippen molar-refractivity contribution in [2.75, 3.05) is 0 Å². The highest BCUT2D eigenvalue weighted by atomic mass is 35.5.